The lowest BCUT2D eigenvalue weighted by molar-refractivity contribution is 0.387. The Hall–Kier alpha value is -3.46. The average molecular weight is 427 g/mol. The molecule has 0 aliphatic carbocycles. The summed E-state index contributed by atoms with van der Waals surface area (Å²) in [5.41, 5.74) is 2.05. The molecule has 7 nitrogen and oxygen atoms in total. The summed E-state index contributed by atoms with van der Waals surface area (Å²) in [6.07, 6.45) is 0. The van der Waals surface area contributed by atoms with E-state index in [9.17, 15) is 12.8 Å². The number of nitrogens with zero attached hydrogens (tertiary/aromatic N) is 3. The van der Waals surface area contributed by atoms with E-state index in [-0.39, 0.29) is 22.5 Å². The first-order chi connectivity index (χ1) is 14.4. The quantitative estimate of drug-likeness (QED) is 0.468. The molecule has 0 radical (unpaired) electrons. The molecule has 0 aliphatic rings. The lowest BCUT2D eigenvalue weighted by Crippen LogP contribution is -2.10. The van der Waals surface area contributed by atoms with Crippen molar-refractivity contribution in [2.24, 2.45) is 0 Å². The second-order valence-corrected chi connectivity index (χ2v) is 8.47. The fraction of sp³-hybridized carbons (Fsp3) is 0.143. The van der Waals surface area contributed by atoms with Crippen LogP contribution in [0, 0.1) is 5.82 Å². The minimum atomic E-state index is -3.74. The normalized spacial score (nSPS) is 11.6. The SMILES string of the molecule is COc1cccc(CS(=O)(=O)c2ccc3nc(-c4ccc(F)cc4)c(OC)n3n2)c1. The molecule has 0 fully saturated rings. The van der Waals surface area contributed by atoms with E-state index < -0.39 is 9.84 Å². The number of hydrogen-bond donors (Lipinski definition) is 0. The number of ether oxygens (including phenoxy) is 2. The molecule has 0 aliphatic heterocycles. The number of methoxy groups -OCH3 is 2. The van der Waals surface area contributed by atoms with Gasteiger partial charge >= 0.3 is 0 Å². The van der Waals surface area contributed by atoms with Crippen LogP contribution in [0.2, 0.25) is 0 Å². The van der Waals surface area contributed by atoms with Crippen LogP contribution in [0.3, 0.4) is 0 Å². The molecule has 4 rings (SSSR count). The van der Waals surface area contributed by atoms with Crippen LogP contribution in [0.4, 0.5) is 4.39 Å². The summed E-state index contributed by atoms with van der Waals surface area (Å²) in [5.74, 6) is 0.233. The Bertz CT molecular complexity index is 1320. The summed E-state index contributed by atoms with van der Waals surface area (Å²) in [6.45, 7) is 0. The fourth-order valence-corrected chi connectivity index (χ4v) is 4.34. The number of rotatable bonds is 6. The zero-order valence-corrected chi connectivity index (χ0v) is 17.1. The predicted molar refractivity (Wildman–Crippen MR) is 109 cm³/mol. The molecule has 0 spiro atoms. The lowest BCUT2D eigenvalue weighted by atomic mass is 10.1. The van der Waals surface area contributed by atoms with Gasteiger partial charge in [0, 0.05) is 5.56 Å². The van der Waals surface area contributed by atoms with Crippen LogP contribution in [-0.4, -0.2) is 37.2 Å². The number of fused-ring (bicyclic) bond motifs is 1. The average Bonchev–Trinajstić information content (AvgIpc) is 3.12. The maximum absolute atomic E-state index is 13.3. The van der Waals surface area contributed by atoms with Crippen molar-refractivity contribution >= 4 is 15.5 Å². The van der Waals surface area contributed by atoms with Gasteiger partial charge in [-0.1, -0.05) is 12.1 Å². The smallest absolute Gasteiger partial charge is 0.243 e. The largest absolute Gasteiger partial charge is 0.497 e. The fourth-order valence-electron chi connectivity index (χ4n) is 3.10. The molecule has 2 heterocycles. The molecule has 0 N–H and O–H groups in total. The zero-order chi connectivity index (χ0) is 21.3. The number of imidazole rings is 1. The van der Waals surface area contributed by atoms with Gasteiger partial charge in [-0.15, -0.1) is 0 Å². The molecule has 30 heavy (non-hydrogen) atoms. The molecule has 9 heteroatoms. The summed E-state index contributed by atoms with van der Waals surface area (Å²) in [6, 6.07) is 15.6. The van der Waals surface area contributed by atoms with Crippen molar-refractivity contribution in [2.45, 2.75) is 10.8 Å². The van der Waals surface area contributed by atoms with Crippen molar-refractivity contribution in [1.29, 1.82) is 0 Å². The van der Waals surface area contributed by atoms with Crippen LogP contribution < -0.4 is 9.47 Å². The first-order valence-electron chi connectivity index (χ1n) is 8.96. The highest BCUT2D eigenvalue weighted by Crippen LogP contribution is 2.30. The summed E-state index contributed by atoms with van der Waals surface area (Å²) >= 11 is 0. The van der Waals surface area contributed by atoms with Gasteiger partial charge in [0.2, 0.25) is 15.7 Å². The van der Waals surface area contributed by atoms with Gasteiger partial charge in [0.15, 0.2) is 10.7 Å². The van der Waals surface area contributed by atoms with E-state index in [4.69, 9.17) is 9.47 Å². The first-order valence-corrected chi connectivity index (χ1v) is 10.6. The summed E-state index contributed by atoms with van der Waals surface area (Å²) in [4.78, 5) is 4.45. The van der Waals surface area contributed by atoms with Crippen molar-refractivity contribution in [3.05, 3.63) is 72.0 Å². The van der Waals surface area contributed by atoms with E-state index in [2.05, 4.69) is 10.1 Å². The van der Waals surface area contributed by atoms with E-state index >= 15 is 0 Å². The molecule has 2 aromatic carbocycles. The third-order valence-electron chi connectivity index (χ3n) is 4.53. The Kier molecular flexibility index (Phi) is 5.13. The Morgan fingerprint density at radius 1 is 1.00 bits per heavy atom. The number of benzene rings is 2. The van der Waals surface area contributed by atoms with Crippen LogP contribution in [0.5, 0.6) is 11.6 Å². The molecular weight excluding hydrogens is 409 g/mol. The van der Waals surface area contributed by atoms with E-state index in [1.807, 2.05) is 0 Å². The molecule has 0 amide bonds. The van der Waals surface area contributed by atoms with Crippen molar-refractivity contribution in [3.63, 3.8) is 0 Å². The predicted octanol–water partition coefficient (Wildman–Crippen LogP) is 3.53. The first kappa shape index (κ1) is 19.8. The monoisotopic (exact) mass is 427 g/mol. The lowest BCUT2D eigenvalue weighted by Gasteiger charge is -2.07. The number of sulfone groups is 1. The van der Waals surface area contributed by atoms with Crippen molar-refractivity contribution in [1.82, 2.24) is 14.6 Å². The van der Waals surface area contributed by atoms with Crippen LogP contribution in [0.1, 0.15) is 5.56 Å². The Morgan fingerprint density at radius 2 is 1.77 bits per heavy atom. The van der Waals surface area contributed by atoms with Gasteiger partial charge < -0.3 is 9.47 Å². The van der Waals surface area contributed by atoms with Gasteiger partial charge in [-0.05, 0) is 54.1 Å². The van der Waals surface area contributed by atoms with E-state index in [0.29, 0.717) is 28.2 Å². The van der Waals surface area contributed by atoms with Crippen LogP contribution in [0.15, 0.2) is 65.7 Å². The van der Waals surface area contributed by atoms with E-state index in [1.165, 1.54) is 36.9 Å². The van der Waals surface area contributed by atoms with Crippen molar-refractivity contribution in [3.8, 4) is 22.9 Å². The highest BCUT2D eigenvalue weighted by molar-refractivity contribution is 7.90. The van der Waals surface area contributed by atoms with Gasteiger partial charge in [-0.3, -0.25) is 0 Å². The second kappa shape index (κ2) is 7.75. The maximum Gasteiger partial charge on any atom is 0.243 e. The summed E-state index contributed by atoms with van der Waals surface area (Å²) in [7, 11) is -0.775. The molecule has 2 aromatic heterocycles. The third kappa shape index (κ3) is 3.71. The standard InChI is InChI=1S/C21H18FN3O4S/c1-28-17-5-3-4-14(12-17)13-30(26,27)19-11-10-18-23-20(21(29-2)25(18)24-19)15-6-8-16(22)9-7-15/h3-12H,13H2,1-2H3. The number of hydrogen-bond acceptors (Lipinski definition) is 6. The zero-order valence-electron chi connectivity index (χ0n) is 16.2. The van der Waals surface area contributed by atoms with Crippen LogP contribution >= 0.6 is 0 Å². The maximum atomic E-state index is 13.3. The highest BCUT2D eigenvalue weighted by atomic mass is 32.2. The number of halogens is 1. The van der Waals surface area contributed by atoms with E-state index in [0.717, 1.165) is 0 Å². The minimum Gasteiger partial charge on any atom is -0.497 e. The van der Waals surface area contributed by atoms with Gasteiger partial charge in [0.25, 0.3) is 0 Å². The molecule has 0 bridgehead atoms. The highest BCUT2D eigenvalue weighted by Gasteiger charge is 2.22. The Morgan fingerprint density at radius 3 is 2.47 bits per heavy atom. The Balaban J connectivity index is 1.76. The summed E-state index contributed by atoms with van der Waals surface area (Å²) < 4.78 is 51.1. The molecule has 0 saturated heterocycles. The summed E-state index contributed by atoms with van der Waals surface area (Å²) in [5, 5.41) is 4.14. The molecule has 154 valence electrons. The molecular formula is C21H18FN3O4S. The Labute approximate surface area is 172 Å². The van der Waals surface area contributed by atoms with Crippen molar-refractivity contribution < 1.29 is 22.3 Å². The molecule has 4 aromatic rings. The third-order valence-corrected chi connectivity index (χ3v) is 6.10. The minimum absolute atomic E-state index is 0.112. The van der Waals surface area contributed by atoms with Crippen LogP contribution in [0.25, 0.3) is 16.9 Å². The number of aromatic nitrogens is 3. The van der Waals surface area contributed by atoms with Crippen molar-refractivity contribution in [2.75, 3.05) is 14.2 Å². The molecule has 0 saturated carbocycles. The van der Waals surface area contributed by atoms with Gasteiger partial charge in [-0.2, -0.15) is 9.61 Å². The van der Waals surface area contributed by atoms with Gasteiger partial charge in [0.1, 0.15) is 17.3 Å². The topological polar surface area (TPSA) is 82.8 Å². The van der Waals surface area contributed by atoms with Gasteiger partial charge in [-0.25, -0.2) is 17.8 Å². The molecule has 0 atom stereocenters. The van der Waals surface area contributed by atoms with E-state index in [1.54, 1.807) is 42.5 Å². The second-order valence-electron chi connectivity index (χ2n) is 6.53. The van der Waals surface area contributed by atoms with Gasteiger partial charge in [0.05, 0.1) is 20.0 Å². The molecule has 0 unspecified atom stereocenters. The van der Waals surface area contributed by atoms with Crippen LogP contribution in [-0.2, 0) is 15.6 Å².